The Labute approximate surface area is 200 Å². The second kappa shape index (κ2) is 10.8. The Morgan fingerprint density at radius 3 is 1.88 bits per heavy atom. The monoisotopic (exact) mass is 459 g/mol. The Bertz CT molecular complexity index is 1140. The van der Waals surface area contributed by atoms with E-state index in [4.69, 9.17) is 14.2 Å². The molecule has 0 N–H and O–H groups in total. The minimum absolute atomic E-state index is 0.206. The van der Waals surface area contributed by atoms with Gasteiger partial charge in [0.2, 0.25) is 0 Å². The fourth-order valence-corrected chi connectivity index (χ4v) is 2.76. The van der Waals surface area contributed by atoms with Crippen molar-refractivity contribution in [1.29, 1.82) is 0 Å². The van der Waals surface area contributed by atoms with Crippen molar-refractivity contribution in [3.05, 3.63) is 89.5 Å². The molecule has 0 spiro atoms. The SMILES string of the molecule is COc1ccc(C(=O)Oc2ccc(C=Nc3ccc(C(=O)OC(C)(C)C(C)C)cc3)cc2)cc1. The molecule has 34 heavy (non-hydrogen) atoms. The highest BCUT2D eigenvalue weighted by Crippen LogP contribution is 2.23. The second-order valence-electron chi connectivity index (χ2n) is 8.64. The van der Waals surface area contributed by atoms with Crippen LogP contribution in [0.3, 0.4) is 0 Å². The minimum Gasteiger partial charge on any atom is -0.497 e. The number of benzene rings is 3. The lowest BCUT2D eigenvalue weighted by molar-refractivity contribution is -0.0222. The number of esters is 2. The number of rotatable bonds is 8. The number of ether oxygens (including phenoxy) is 3. The molecule has 3 aromatic rings. The maximum atomic E-state index is 12.4. The zero-order valence-corrected chi connectivity index (χ0v) is 20.1. The van der Waals surface area contributed by atoms with Gasteiger partial charge in [0, 0.05) is 6.21 Å². The second-order valence-corrected chi connectivity index (χ2v) is 8.64. The molecule has 0 radical (unpaired) electrons. The van der Waals surface area contributed by atoms with Gasteiger partial charge in [-0.2, -0.15) is 0 Å². The maximum Gasteiger partial charge on any atom is 0.343 e. The van der Waals surface area contributed by atoms with Gasteiger partial charge in [-0.3, -0.25) is 4.99 Å². The first-order valence-electron chi connectivity index (χ1n) is 11.0. The molecular formula is C28H29NO5. The molecule has 0 aliphatic rings. The van der Waals surface area contributed by atoms with E-state index in [0.29, 0.717) is 28.3 Å². The summed E-state index contributed by atoms with van der Waals surface area (Å²) in [5.41, 5.74) is 1.92. The van der Waals surface area contributed by atoms with Gasteiger partial charge in [0.05, 0.1) is 23.9 Å². The third-order valence-electron chi connectivity index (χ3n) is 5.63. The molecule has 0 aliphatic heterocycles. The maximum absolute atomic E-state index is 12.4. The molecule has 0 atom stereocenters. The van der Waals surface area contributed by atoms with E-state index in [-0.39, 0.29) is 11.9 Å². The largest absolute Gasteiger partial charge is 0.497 e. The van der Waals surface area contributed by atoms with Crippen LogP contribution in [0.5, 0.6) is 11.5 Å². The predicted octanol–water partition coefficient (Wildman–Crippen LogP) is 6.26. The highest BCUT2D eigenvalue weighted by Gasteiger charge is 2.27. The van der Waals surface area contributed by atoms with Crippen molar-refractivity contribution in [3.8, 4) is 11.5 Å². The molecule has 3 rings (SSSR count). The van der Waals surface area contributed by atoms with E-state index in [1.165, 1.54) is 0 Å². The number of aliphatic imine (C=N–C) groups is 1. The lowest BCUT2D eigenvalue weighted by atomic mass is 9.94. The summed E-state index contributed by atoms with van der Waals surface area (Å²) in [6.45, 7) is 7.84. The van der Waals surface area contributed by atoms with Crippen molar-refractivity contribution in [3.63, 3.8) is 0 Å². The van der Waals surface area contributed by atoms with Crippen molar-refractivity contribution in [2.24, 2.45) is 10.9 Å². The fraction of sp³-hybridized carbons (Fsp3) is 0.250. The molecule has 0 amide bonds. The average molecular weight is 460 g/mol. The molecule has 6 heteroatoms. The van der Waals surface area contributed by atoms with E-state index in [1.54, 1.807) is 86.1 Å². The van der Waals surface area contributed by atoms with Crippen molar-refractivity contribution in [1.82, 2.24) is 0 Å². The summed E-state index contributed by atoms with van der Waals surface area (Å²) >= 11 is 0. The Kier molecular flexibility index (Phi) is 7.84. The molecule has 0 unspecified atom stereocenters. The van der Waals surface area contributed by atoms with Crippen LogP contribution in [0.15, 0.2) is 77.8 Å². The molecule has 176 valence electrons. The van der Waals surface area contributed by atoms with Gasteiger partial charge in [-0.1, -0.05) is 13.8 Å². The van der Waals surface area contributed by atoms with E-state index >= 15 is 0 Å². The summed E-state index contributed by atoms with van der Waals surface area (Å²) in [4.78, 5) is 29.1. The summed E-state index contributed by atoms with van der Waals surface area (Å²) in [6, 6.07) is 20.7. The van der Waals surface area contributed by atoms with Crippen LogP contribution in [-0.2, 0) is 4.74 Å². The number of carbonyl (C=O) groups is 2. The van der Waals surface area contributed by atoms with Crippen molar-refractivity contribution >= 4 is 23.8 Å². The van der Waals surface area contributed by atoms with Crippen LogP contribution >= 0.6 is 0 Å². The Hall–Kier alpha value is -3.93. The van der Waals surface area contributed by atoms with Gasteiger partial charge < -0.3 is 14.2 Å². The Morgan fingerprint density at radius 2 is 1.32 bits per heavy atom. The van der Waals surface area contributed by atoms with Gasteiger partial charge in [0.15, 0.2) is 0 Å². The zero-order chi connectivity index (χ0) is 24.7. The molecule has 0 aliphatic carbocycles. The lowest BCUT2D eigenvalue weighted by Gasteiger charge is -2.29. The molecule has 0 aromatic heterocycles. The van der Waals surface area contributed by atoms with E-state index in [1.807, 2.05) is 27.7 Å². The predicted molar refractivity (Wildman–Crippen MR) is 132 cm³/mol. The van der Waals surface area contributed by atoms with Crippen LogP contribution in [0.25, 0.3) is 0 Å². The molecule has 0 saturated carbocycles. The minimum atomic E-state index is -0.539. The quantitative estimate of drug-likeness (QED) is 0.226. The number of hydrogen-bond acceptors (Lipinski definition) is 6. The van der Waals surface area contributed by atoms with Crippen molar-refractivity contribution in [2.45, 2.75) is 33.3 Å². The van der Waals surface area contributed by atoms with Gasteiger partial charge >= 0.3 is 11.9 Å². The Balaban J connectivity index is 1.58. The molecule has 0 bridgehead atoms. The summed E-state index contributed by atoms with van der Waals surface area (Å²) in [5.74, 6) is 0.515. The summed E-state index contributed by atoms with van der Waals surface area (Å²) in [6.07, 6.45) is 1.70. The Morgan fingerprint density at radius 1 is 0.794 bits per heavy atom. The summed E-state index contributed by atoms with van der Waals surface area (Å²) in [7, 11) is 1.57. The van der Waals surface area contributed by atoms with E-state index in [0.717, 1.165) is 5.56 Å². The van der Waals surface area contributed by atoms with Crippen LogP contribution in [-0.4, -0.2) is 30.9 Å². The normalized spacial score (nSPS) is 11.5. The highest BCUT2D eigenvalue weighted by molar-refractivity contribution is 5.91. The van der Waals surface area contributed by atoms with Crippen LogP contribution in [0.2, 0.25) is 0 Å². The van der Waals surface area contributed by atoms with Gasteiger partial charge in [0.1, 0.15) is 17.1 Å². The first-order valence-corrected chi connectivity index (χ1v) is 11.0. The third-order valence-corrected chi connectivity index (χ3v) is 5.63. The van der Waals surface area contributed by atoms with Crippen LogP contribution in [0.4, 0.5) is 5.69 Å². The van der Waals surface area contributed by atoms with Gasteiger partial charge in [-0.25, -0.2) is 9.59 Å². The van der Waals surface area contributed by atoms with E-state index < -0.39 is 11.6 Å². The zero-order valence-electron chi connectivity index (χ0n) is 20.1. The van der Waals surface area contributed by atoms with Crippen molar-refractivity contribution < 1.29 is 23.8 Å². The first kappa shape index (κ1) is 24.7. The number of methoxy groups -OCH3 is 1. The highest BCUT2D eigenvalue weighted by atomic mass is 16.6. The molecule has 3 aromatic carbocycles. The van der Waals surface area contributed by atoms with E-state index in [9.17, 15) is 9.59 Å². The first-order chi connectivity index (χ1) is 16.2. The summed E-state index contributed by atoms with van der Waals surface area (Å²) in [5, 5.41) is 0. The third kappa shape index (κ3) is 6.54. The van der Waals surface area contributed by atoms with Crippen LogP contribution in [0, 0.1) is 5.92 Å². The molecular weight excluding hydrogens is 430 g/mol. The topological polar surface area (TPSA) is 74.2 Å². The fourth-order valence-electron chi connectivity index (χ4n) is 2.76. The van der Waals surface area contributed by atoms with E-state index in [2.05, 4.69) is 4.99 Å². The van der Waals surface area contributed by atoms with Gasteiger partial charge in [0.25, 0.3) is 0 Å². The standard InChI is InChI=1S/C28H29NO5/c1-19(2)28(3,4)34-27(31)22-8-12-23(13-9-22)29-18-20-6-14-25(15-7-20)33-26(30)21-10-16-24(32-5)17-11-21/h6-19H,1-5H3. The smallest absolute Gasteiger partial charge is 0.343 e. The molecule has 6 nitrogen and oxygen atoms in total. The molecule has 0 fully saturated rings. The average Bonchev–Trinajstić information content (AvgIpc) is 2.83. The number of nitrogens with zero attached hydrogens (tertiary/aromatic N) is 1. The van der Waals surface area contributed by atoms with Crippen LogP contribution in [0.1, 0.15) is 54.0 Å². The van der Waals surface area contributed by atoms with Gasteiger partial charge in [-0.15, -0.1) is 0 Å². The molecule has 0 heterocycles. The lowest BCUT2D eigenvalue weighted by Crippen LogP contribution is -2.33. The molecule has 0 saturated heterocycles. The van der Waals surface area contributed by atoms with Crippen molar-refractivity contribution in [2.75, 3.05) is 7.11 Å². The van der Waals surface area contributed by atoms with Gasteiger partial charge in [-0.05, 0) is 98.1 Å². The number of hydrogen-bond donors (Lipinski definition) is 0. The number of carbonyl (C=O) groups excluding carboxylic acids is 2. The summed E-state index contributed by atoms with van der Waals surface area (Å²) < 4.78 is 16.1. The van der Waals surface area contributed by atoms with Crippen LogP contribution < -0.4 is 9.47 Å².